The quantitative estimate of drug-likeness (QED) is 0.494. The summed E-state index contributed by atoms with van der Waals surface area (Å²) in [6.45, 7) is 1.52. The number of carbonyl (C=O) groups excluding carboxylic acids is 1. The lowest BCUT2D eigenvalue weighted by Crippen LogP contribution is -2.44. The maximum atomic E-state index is 12.5. The molecule has 1 aromatic rings. The molecule has 1 saturated carbocycles. The first kappa shape index (κ1) is 23.4. The van der Waals surface area contributed by atoms with E-state index in [-0.39, 0.29) is 18.3 Å². The molecule has 3 rings (SSSR count). The van der Waals surface area contributed by atoms with Crippen molar-refractivity contribution in [2.24, 2.45) is 0 Å². The van der Waals surface area contributed by atoms with E-state index in [1.807, 2.05) is 6.07 Å². The molecule has 30 heavy (non-hydrogen) atoms. The summed E-state index contributed by atoms with van der Waals surface area (Å²) in [5.74, 6) is 0.856. The third-order valence-electron chi connectivity index (χ3n) is 5.47. The van der Waals surface area contributed by atoms with Crippen molar-refractivity contribution in [3.05, 3.63) is 22.0 Å². The van der Waals surface area contributed by atoms with Crippen LogP contribution in [0.5, 0.6) is 5.75 Å². The fraction of sp³-hybridized carbons (Fsp3) is 0.700. The largest absolute Gasteiger partial charge is 0.489 e. The van der Waals surface area contributed by atoms with Gasteiger partial charge in [0.2, 0.25) is 0 Å². The Morgan fingerprint density at radius 1 is 1.13 bits per heavy atom. The molecule has 1 amide bonds. The summed E-state index contributed by atoms with van der Waals surface area (Å²) in [6.07, 6.45) is 1.06. The van der Waals surface area contributed by atoms with Crippen LogP contribution in [0.1, 0.15) is 45.4 Å². The maximum absolute atomic E-state index is 12.5. The Bertz CT molecular complexity index is 706. The summed E-state index contributed by atoms with van der Waals surface area (Å²) in [4.78, 5) is 17.3. The van der Waals surface area contributed by atoms with E-state index < -0.39 is 18.4 Å². The number of halogens is 4. The number of alkyl halides is 3. The van der Waals surface area contributed by atoms with E-state index in [1.165, 1.54) is 4.90 Å². The van der Waals surface area contributed by atoms with Crippen molar-refractivity contribution < 1.29 is 32.2 Å². The number of aromatic nitrogens is 1. The Hall–Kier alpha value is -1.30. The highest BCUT2D eigenvalue weighted by atomic mass is 127. The lowest BCUT2D eigenvalue weighted by Gasteiger charge is -2.36. The van der Waals surface area contributed by atoms with Crippen LogP contribution in [0.3, 0.4) is 0 Å². The van der Waals surface area contributed by atoms with Gasteiger partial charge in [0.25, 0.3) is 0 Å². The molecule has 0 unspecified atom stereocenters. The zero-order valence-corrected chi connectivity index (χ0v) is 18.9. The molecule has 0 spiro atoms. The molecule has 2 heterocycles. The standard InChI is InChI=1S/C20H26F3IN2O4/c1-13(20(21,22)23)28-19(27)26-10-7-16(8-11-26)29-14-2-4-15(5-3-14)30-18-6-9-25-12-17(18)24/h6,9,12-16H,2-5,7-8,10-11H2,1H3/t13-,14?,15?/m1/s1. The van der Waals surface area contributed by atoms with Crippen LogP contribution < -0.4 is 4.74 Å². The smallest absolute Gasteiger partial charge is 0.425 e. The zero-order chi connectivity index (χ0) is 21.7. The second-order valence-electron chi connectivity index (χ2n) is 7.71. The molecule has 0 N–H and O–H groups in total. The average molecular weight is 542 g/mol. The highest BCUT2D eigenvalue weighted by molar-refractivity contribution is 14.1. The van der Waals surface area contributed by atoms with Crippen LogP contribution in [-0.4, -0.2) is 59.7 Å². The molecule has 1 saturated heterocycles. The molecular formula is C20H26F3IN2O4. The molecule has 1 atom stereocenters. The number of hydrogen-bond donors (Lipinski definition) is 0. The fourth-order valence-corrected chi connectivity index (χ4v) is 4.13. The lowest BCUT2D eigenvalue weighted by atomic mass is 9.94. The van der Waals surface area contributed by atoms with E-state index in [2.05, 4.69) is 32.3 Å². The van der Waals surface area contributed by atoms with Crippen molar-refractivity contribution >= 4 is 28.7 Å². The van der Waals surface area contributed by atoms with Gasteiger partial charge in [-0.2, -0.15) is 13.2 Å². The number of pyridine rings is 1. The molecule has 2 fully saturated rings. The van der Waals surface area contributed by atoms with Gasteiger partial charge in [0.05, 0.1) is 21.9 Å². The number of likely N-dealkylation sites (tertiary alicyclic amines) is 1. The van der Waals surface area contributed by atoms with Gasteiger partial charge in [-0.05, 0) is 74.1 Å². The third-order valence-corrected chi connectivity index (χ3v) is 6.28. The number of nitrogens with zero attached hydrogens (tertiary/aromatic N) is 2. The predicted molar refractivity (Wildman–Crippen MR) is 111 cm³/mol. The van der Waals surface area contributed by atoms with Crippen LogP contribution in [0, 0.1) is 3.57 Å². The Morgan fingerprint density at radius 2 is 1.73 bits per heavy atom. The molecule has 168 valence electrons. The van der Waals surface area contributed by atoms with Gasteiger partial charge in [0.15, 0.2) is 6.10 Å². The van der Waals surface area contributed by atoms with Crippen molar-refractivity contribution in [1.29, 1.82) is 0 Å². The first-order chi connectivity index (χ1) is 14.2. The van der Waals surface area contributed by atoms with Crippen molar-refractivity contribution in [1.82, 2.24) is 9.88 Å². The van der Waals surface area contributed by atoms with Crippen LogP contribution >= 0.6 is 22.6 Å². The summed E-state index contributed by atoms with van der Waals surface area (Å²) < 4.78 is 55.4. The van der Waals surface area contributed by atoms with E-state index in [0.29, 0.717) is 25.9 Å². The van der Waals surface area contributed by atoms with E-state index in [4.69, 9.17) is 9.47 Å². The Kier molecular flexibility index (Phi) is 8.05. The number of carbonyl (C=O) groups is 1. The maximum Gasteiger partial charge on any atom is 0.425 e. The molecule has 0 aromatic carbocycles. The van der Waals surface area contributed by atoms with Crippen LogP contribution in [0.15, 0.2) is 18.5 Å². The van der Waals surface area contributed by atoms with Crippen LogP contribution in [0.4, 0.5) is 18.0 Å². The van der Waals surface area contributed by atoms with Gasteiger partial charge >= 0.3 is 12.3 Å². The van der Waals surface area contributed by atoms with Crippen molar-refractivity contribution in [3.8, 4) is 5.75 Å². The fourth-order valence-electron chi connectivity index (χ4n) is 3.66. The van der Waals surface area contributed by atoms with Crippen molar-refractivity contribution in [2.75, 3.05) is 13.1 Å². The summed E-state index contributed by atoms with van der Waals surface area (Å²) in [5.41, 5.74) is 0. The van der Waals surface area contributed by atoms with Gasteiger partial charge in [-0.15, -0.1) is 0 Å². The van der Waals surface area contributed by atoms with Gasteiger partial charge in [-0.3, -0.25) is 4.98 Å². The first-order valence-corrected chi connectivity index (χ1v) is 11.2. The van der Waals surface area contributed by atoms with E-state index in [1.54, 1.807) is 12.4 Å². The highest BCUT2D eigenvalue weighted by Crippen LogP contribution is 2.30. The average Bonchev–Trinajstić information content (AvgIpc) is 2.71. The van der Waals surface area contributed by atoms with Crippen LogP contribution in [0.25, 0.3) is 0 Å². The molecule has 1 aliphatic heterocycles. The minimum absolute atomic E-state index is 0.0118. The number of piperidine rings is 1. The Morgan fingerprint density at radius 3 is 2.33 bits per heavy atom. The monoisotopic (exact) mass is 542 g/mol. The van der Waals surface area contributed by atoms with Crippen molar-refractivity contribution in [3.63, 3.8) is 0 Å². The van der Waals surface area contributed by atoms with Gasteiger partial charge in [-0.1, -0.05) is 0 Å². The van der Waals surface area contributed by atoms with E-state index in [0.717, 1.165) is 41.9 Å². The number of amides is 1. The second-order valence-corrected chi connectivity index (χ2v) is 8.87. The SMILES string of the molecule is C[C@@H](OC(=O)N1CCC(OC2CCC(Oc3ccncc3I)CC2)CC1)C(F)(F)F. The van der Waals surface area contributed by atoms with Crippen LogP contribution in [0.2, 0.25) is 0 Å². The molecule has 0 bridgehead atoms. The molecule has 1 aliphatic carbocycles. The summed E-state index contributed by atoms with van der Waals surface area (Å²) in [7, 11) is 0. The molecule has 10 heteroatoms. The molecule has 6 nitrogen and oxygen atoms in total. The number of rotatable bonds is 5. The second kappa shape index (κ2) is 10.3. The highest BCUT2D eigenvalue weighted by Gasteiger charge is 2.40. The first-order valence-electron chi connectivity index (χ1n) is 10.2. The minimum atomic E-state index is -4.55. The Labute approximate surface area is 187 Å². The molecule has 0 radical (unpaired) electrons. The van der Waals surface area contributed by atoms with E-state index in [9.17, 15) is 18.0 Å². The number of hydrogen-bond acceptors (Lipinski definition) is 5. The molecule has 1 aromatic heterocycles. The minimum Gasteiger partial charge on any atom is -0.489 e. The summed E-state index contributed by atoms with van der Waals surface area (Å²) in [6, 6.07) is 1.87. The normalized spacial score (nSPS) is 24.4. The number of ether oxygens (including phenoxy) is 3. The lowest BCUT2D eigenvalue weighted by molar-refractivity contribution is -0.200. The Balaban J connectivity index is 1.36. The van der Waals surface area contributed by atoms with Gasteiger partial charge < -0.3 is 19.1 Å². The van der Waals surface area contributed by atoms with E-state index >= 15 is 0 Å². The predicted octanol–water partition coefficient (Wildman–Crippen LogP) is 4.94. The van der Waals surface area contributed by atoms with Gasteiger partial charge in [0, 0.05) is 25.5 Å². The molecule has 2 aliphatic rings. The molecular weight excluding hydrogens is 516 g/mol. The van der Waals surface area contributed by atoms with Crippen molar-refractivity contribution in [2.45, 2.75) is 76.0 Å². The van der Waals surface area contributed by atoms with Crippen LogP contribution in [-0.2, 0) is 9.47 Å². The summed E-state index contributed by atoms with van der Waals surface area (Å²) in [5, 5.41) is 0. The van der Waals surface area contributed by atoms with Gasteiger partial charge in [0.1, 0.15) is 5.75 Å². The topological polar surface area (TPSA) is 60.9 Å². The zero-order valence-electron chi connectivity index (χ0n) is 16.7. The van der Waals surface area contributed by atoms with Gasteiger partial charge in [-0.25, -0.2) is 4.79 Å². The summed E-state index contributed by atoms with van der Waals surface area (Å²) >= 11 is 2.21. The third kappa shape index (κ3) is 6.60.